The summed E-state index contributed by atoms with van der Waals surface area (Å²) >= 11 is 0. The maximum Gasteiger partial charge on any atom is 0.255 e. The van der Waals surface area contributed by atoms with E-state index in [1.165, 1.54) is 12.0 Å². The van der Waals surface area contributed by atoms with E-state index in [1.54, 1.807) is 0 Å². The molecule has 0 unspecified atom stereocenters. The van der Waals surface area contributed by atoms with Gasteiger partial charge in [-0.3, -0.25) is 9.69 Å². The Balaban J connectivity index is 1.38. The van der Waals surface area contributed by atoms with Crippen LogP contribution in [0, 0.1) is 11.8 Å². The van der Waals surface area contributed by atoms with Crippen LogP contribution in [0.15, 0.2) is 54.6 Å². The van der Waals surface area contributed by atoms with Gasteiger partial charge >= 0.3 is 0 Å². The number of para-hydroxylation sites is 1. The smallest absolute Gasteiger partial charge is 0.255 e. The Kier molecular flexibility index (Phi) is 3.35. The molecule has 3 atom stereocenters. The predicted molar refractivity (Wildman–Crippen MR) is 98.2 cm³/mol. The molecule has 128 valence electrons. The molecule has 2 aromatic rings. The molecule has 1 saturated heterocycles. The van der Waals surface area contributed by atoms with Gasteiger partial charge in [-0.1, -0.05) is 42.5 Å². The van der Waals surface area contributed by atoms with Crippen LogP contribution in [0.25, 0.3) is 0 Å². The lowest BCUT2D eigenvalue weighted by molar-refractivity contribution is 0.0871. The average Bonchev–Trinajstić information content (AvgIpc) is 3.17. The average molecular weight is 333 g/mol. The molecule has 1 saturated carbocycles. The van der Waals surface area contributed by atoms with Gasteiger partial charge in [-0.05, 0) is 36.5 Å². The number of rotatable bonds is 2. The Hall–Kier alpha value is -2.33. The third-order valence-corrected chi connectivity index (χ3v) is 6.17. The molecule has 0 aromatic heterocycles. The van der Waals surface area contributed by atoms with E-state index in [1.807, 2.05) is 24.3 Å². The normalized spacial score (nSPS) is 30.6. The number of nitrogens with zero attached hydrogens (tertiary/aromatic N) is 1. The molecule has 0 radical (unpaired) electrons. The highest BCUT2D eigenvalue weighted by atomic mass is 16.2. The highest BCUT2D eigenvalue weighted by Gasteiger charge is 2.54. The first-order valence-corrected chi connectivity index (χ1v) is 9.19. The molecule has 5 rings (SSSR count). The van der Waals surface area contributed by atoms with E-state index in [-0.39, 0.29) is 11.6 Å². The number of likely N-dealkylation sites (tertiary alicyclic amines) is 1. The van der Waals surface area contributed by atoms with E-state index < -0.39 is 0 Å². The molecule has 4 heteroatoms. The minimum atomic E-state index is -0.276. The summed E-state index contributed by atoms with van der Waals surface area (Å²) in [6.45, 7) is 3.16. The summed E-state index contributed by atoms with van der Waals surface area (Å²) in [5, 5.41) is 7.03. The number of hydrogen-bond acceptors (Lipinski definition) is 3. The van der Waals surface area contributed by atoms with E-state index in [4.69, 9.17) is 0 Å². The third-order valence-electron chi connectivity index (χ3n) is 6.17. The Bertz CT molecular complexity index is 806. The van der Waals surface area contributed by atoms with Crippen LogP contribution in [0.1, 0.15) is 28.8 Å². The van der Waals surface area contributed by atoms with E-state index in [9.17, 15) is 4.79 Å². The summed E-state index contributed by atoms with van der Waals surface area (Å²) in [6, 6.07) is 18.5. The van der Waals surface area contributed by atoms with Crippen LogP contribution in [0.5, 0.6) is 0 Å². The Morgan fingerprint density at radius 1 is 1.00 bits per heavy atom. The summed E-state index contributed by atoms with van der Waals surface area (Å²) in [5.41, 5.74) is 2.83. The van der Waals surface area contributed by atoms with Crippen LogP contribution in [-0.2, 0) is 6.54 Å². The predicted octanol–water partition coefficient (Wildman–Crippen LogP) is 3.08. The van der Waals surface area contributed by atoms with Gasteiger partial charge in [-0.25, -0.2) is 0 Å². The van der Waals surface area contributed by atoms with Crippen molar-refractivity contribution in [1.29, 1.82) is 0 Å². The molecule has 1 aliphatic carbocycles. The lowest BCUT2D eigenvalue weighted by Gasteiger charge is -2.42. The van der Waals surface area contributed by atoms with E-state index in [0.29, 0.717) is 11.8 Å². The topological polar surface area (TPSA) is 44.4 Å². The number of amides is 1. The molecule has 2 fully saturated rings. The quantitative estimate of drug-likeness (QED) is 0.888. The lowest BCUT2D eigenvalue weighted by Crippen LogP contribution is -2.61. The SMILES string of the molecule is O=C1N[C@@]2(CC[C@H]3CN(Cc4ccccc4)C[C@H]32)Nc2ccccc21. The molecule has 2 heterocycles. The Labute approximate surface area is 148 Å². The van der Waals surface area contributed by atoms with Crippen molar-refractivity contribution < 1.29 is 4.79 Å². The molecule has 1 spiro atoms. The van der Waals surface area contributed by atoms with Gasteiger partial charge in [0.15, 0.2) is 0 Å². The number of hydrogen-bond donors (Lipinski definition) is 2. The number of benzene rings is 2. The molecule has 2 aliphatic heterocycles. The minimum absolute atomic E-state index is 0.0662. The second-order valence-corrected chi connectivity index (χ2v) is 7.68. The van der Waals surface area contributed by atoms with Gasteiger partial charge in [0.2, 0.25) is 0 Å². The van der Waals surface area contributed by atoms with Crippen LogP contribution in [0.4, 0.5) is 5.69 Å². The second-order valence-electron chi connectivity index (χ2n) is 7.68. The zero-order valence-electron chi connectivity index (χ0n) is 14.2. The number of nitrogens with one attached hydrogen (secondary N) is 2. The molecular weight excluding hydrogens is 310 g/mol. The molecular formula is C21H23N3O. The summed E-state index contributed by atoms with van der Waals surface area (Å²) in [5.74, 6) is 1.19. The van der Waals surface area contributed by atoms with Gasteiger partial charge in [0.1, 0.15) is 5.66 Å². The van der Waals surface area contributed by atoms with Crippen LogP contribution in [0.2, 0.25) is 0 Å². The summed E-state index contributed by atoms with van der Waals surface area (Å²) in [7, 11) is 0. The van der Waals surface area contributed by atoms with Crippen molar-refractivity contribution >= 4 is 11.6 Å². The molecule has 4 nitrogen and oxygen atoms in total. The first kappa shape index (κ1) is 15.0. The van der Waals surface area contributed by atoms with E-state index in [0.717, 1.165) is 37.3 Å². The zero-order chi connectivity index (χ0) is 16.9. The maximum atomic E-state index is 12.6. The maximum absolute atomic E-state index is 12.6. The van der Waals surface area contributed by atoms with Crippen molar-refractivity contribution in [3.8, 4) is 0 Å². The number of carbonyl (C=O) groups is 1. The first-order chi connectivity index (χ1) is 12.2. The minimum Gasteiger partial charge on any atom is -0.362 e. The van der Waals surface area contributed by atoms with Crippen LogP contribution in [-0.4, -0.2) is 29.6 Å². The monoisotopic (exact) mass is 333 g/mol. The fourth-order valence-electron chi connectivity index (χ4n) is 5.02. The van der Waals surface area contributed by atoms with Gasteiger partial charge in [0.05, 0.1) is 5.56 Å². The van der Waals surface area contributed by atoms with E-state index >= 15 is 0 Å². The van der Waals surface area contributed by atoms with Crippen molar-refractivity contribution in [3.05, 3.63) is 65.7 Å². The van der Waals surface area contributed by atoms with Gasteiger partial charge < -0.3 is 10.6 Å². The largest absolute Gasteiger partial charge is 0.362 e. The number of fused-ring (bicyclic) bond motifs is 3. The van der Waals surface area contributed by atoms with Gasteiger partial charge in [-0.2, -0.15) is 0 Å². The van der Waals surface area contributed by atoms with Gasteiger partial charge in [0.25, 0.3) is 5.91 Å². The van der Waals surface area contributed by atoms with Crippen molar-refractivity contribution in [2.75, 3.05) is 18.4 Å². The highest BCUT2D eigenvalue weighted by Crippen LogP contribution is 2.47. The molecule has 3 aliphatic rings. The standard InChI is InChI=1S/C21H23N3O/c25-20-17-8-4-5-9-19(17)22-21(23-20)11-10-16-13-24(14-18(16)21)12-15-6-2-1-3-7-15/h1-9,16,18,22H,10-14H2,(H,23,25)/t16-,18+,21+/m0/s1. The Morgan fingerprint density at radius 3 is 2.68 bits per heavy atom. The number of anilines is 1. The van der Waals surface area contributed by atoms with Crippen LogP contribution in [0.3, 0.4) is 0 Å². The van der Waals surface area contributed by atoms with Crippen molar-refractivity contribution in [2.24, 2.45) is 11.8 Å². The summed E-state index contributed by atoms with van der Waals surface area (Å²) in [6.07, 6.45) is 2.19. The second kappa shape index (κ2) is 5.60. The van der Waals surface area contributed by atoms with Crippen LogP contribution < -0.4 is 10.6 Å². The van der Waals surface area contributed by atoms with Gasteiger partial charge in [0, 0.05) is 31.2 Å². The summed E-state index contributed by atoms with van der Waals surface area (Å²) in [4.78, 5) is 15.2. The van der Waals surface area contributed by atoms with Crippen molar-refractivity contribution in [3.63, 3.8) is 0 Å². The van der Waals surface area contributed by atoms with Crippen LogP contribution >= 0.6 is 0 Å². The fraction of sp³-hybridized carbons (Fsp3) is 0.381. The molecule has 0 bridgehead atoms. The first-order valence-electron chi connectivity index (χ1n) is 9.19. The lowest BCUT2D eigenvalue weighted by atomic mass is 9.89. The summed E-state index contributed by atoms with van der Waals surface area (Å²) < 4.78 is 0. The molecule has 2 aromatic carbocycles. The fourth-order valence-corrected chi connectivity index (χ4v) is 5.02. The molecule has 1 amide bonds. The molecule has 25 heavy (non-hydrogen) atoms. The third kappa shape index (κ3) is 2.44. The molecule has 2 N–H and O–H groups in total. The zero-order valence-corrected chi connectivity index (χ0v) is 14.2. The van der Waals surface area contributed by atoms with Gasteiger partial charge in [-0.15, -0.1) is 0 Å². The van der Waals surface area contributed by atoms with Crippen molar-refractivity contribution in [1.82, 2.24) is 10.2 Å². The van der Waals surface area contributed by atoms with Crippen molar-refractivity contribution in [2.45, 2.75) is 25.0 Å². The number of carbonyl (C=O) groups excluding carboxylic acids is 1. The Morgan fingerprint density at radius 2 is 1.80 bits per heavy atom. The van der Waals surface area contributed by atoms with E-state index in [2.05, 4.69) is 45.9 Å². The highest BCUT2D eigenvalue weighted by molar-refractivity contribution is 6.02.